The third-order valence-electron chi connectivity index (χ3n) is 4.58. The van der Waals surface area contributed by atoms with Crippen LogP contribution in [0.15, 0.2) is 42.0 Å². The smallest absolute Gasteiger partial charge is 0.331 e. The summed E-state index contributed by atoms with van der Waals surface area (Å²) in [6.07, 6.45) is 2.15. The maximum atomic E-state index is 13.0. The van der Waals surface area contributed by atoms with E-state index in [9.17, 15) is 19.5 Å². The lowest BCUT2D eigenvalue weighted by atomic mass is 10.1. The largest absolute Gasteiger partial charge is 0.506 e. The molecule has 1 heterocycles. The summed E-state index contributed by atoms with van der Waals surface area (Å²) in [6, 6.07) is 8.60. The van der Waals surface area contributed by atoms with Crippen LogP contribution in [0.1, 0.15) is 31.4 Å². The number of barbiturate groups is 1. The van der Waals surface area contributed by atoms with Crippen molar-refractivity contribution in [2.24, 2.45) is 0 Å². The second-order valence-corrected chi connectivity index (χ2v) is 7.39. The van der Waals surface area contributed by atoms with E-state index in [1.807, 2.05) is 13.8 Å². The zero-order valence-corrected chi connectivity index (χ0v) is 18.4. The van der Waals surface area contributed by atoms with Crippen LogP contribution in [0.25, 0.3) is 6.08 Å². The molecule has 2 N–H and O–H groups in total. The summed E-state index contributed by atoms with van der Waals surface area (Å²) < 4.78 is 11.3. The number of hydrogen-bond donors (Lipinski definition) is 2. The van der Waals surface area contributed by atoms with E-state index in [1.54, 1.807) is 18.2 Å². The van der Waals surface area contributed by atoms with Crippen molar-refractivity contribution in [2.75, 3.05) is 13.2 Å². The van der Waals surface area contributed by atoms with Gasteiger partial charge in [-0.25, -0.2) is 4.79 Å². The molecular formula is C23H23ClN2O6. The van der Waals surface area contributed by atoms with Crippen molar-refractivity contribution in [3.05, 3.63) is 58.1 Å². The molecule has 2 aromatic rings. The van der Waals surface area contributed by atoms with Crippen molar-refractivity contribution in [3.8, 4) is 17.2 Å². The Balaban J connectivity index is 1.87. The van der Waals surface area contributed by atoms with Crippen molar-refractivity contribution >= 4 is 35.5 Å². The van der Waals surface area contributed by atoms with Gasteiger partial charge < -0.3 is 14.6 Å². The summed E-state index contributed by atoms with van der Waals surface area (Å²) >= 11 is 5.90. The molecule has 2 aromatic carbocycles. The highest BCUT2D eigenvalue weighted by atomic mass is 35.5. The molecule has 168 valence electrons. The molecule has 32 heavy (non-hydrogen) atoms. The first-order valence-corrected chi connectivity index (χ1v) is 10.5. The maximum absolute atomic E-state index is 13.0. The topological polar surface area (TPSA) is 105 Å². The average molecular weight is 459 g/mol. The first-order chi connectivity index (χ1) is 15.3. The van der Waals surface area contributed by atoms with E-state index in [2.05, 4.69) is 5.32 Å². The predicted molar refractivity (Wildman–Crippen MR) is 119 cm³/mol. The van der Waals surface area contributed by atoms with Crippen LogP contribution in [0.4, 0.5) is 4.79 Å². The number of nitrogens with zero attached hydrogens (tertiary/aromatic N) is 1. The number of phenolic OH excluding ortho intramolecular Hbond substituents is 1. The van der Waals surface area contributed by atoms with E-state index >= 15 is 0 Å². The minimum absolute atomic E-state index is 0.0697. The van der Waals surface area contributed by atoms with E-state index in [0.717, 1.165) is 11.3 Å². The molecule has 0 radical (unpaired) electrons. The molecule has 8 nitrogen and oxygen atoms in total. The fourth-order valence-electron chi connectivity index (χ4n) is 3.05. The molecule has 0 unspecified atom stereocenters. The number of imide groups is 2. The van der Waals surface area contributed by atoms with Gasteiger partial charge in [-0.3, -0.25) is 19.8 Å². The highest BCUT2D eigenvalue weighted by molar-refractivity contribution is 6.33. The number of carbonyl (C=O) groups is 3. The number of carbonyl (C=O) groups excluding carboxylic acids is 3. The Labute approximate surface area is 190 Å². The Morgan fingerprint density at radius 2 is 1.84 bits per heavy atom. The third-order valence-corrected chi connectivity index (χ3v) is 4.88. The van der Waals surface area contributed by atoms with Crippen LogP contribution in [-0.2, 0) is 16.1 Å². The van der Waals surface area contributed by atoms with E-state index < -0.39 is 17.8 Å². The molecule has 3 rings (SSSR count). The van der Waals surface area contributed by atoms with Crippen LogP contribution >= 0.6 is 11.6 Å². The van der Waals surface area contributed by atoms with Gasteiger partial charge in [0.25, 0.3) is 11.8 Å². The minimum Gasteiger partial charge on any atom is -0.506 e. The van der Waals surface area contributed by atoms with Crippen molar-refractivity contribution in [2.45, 2.75) is 26.8 Å². The van der Waals surface area contributed by atoms with E-state index in [4.69, 9.17) is 21.1 Å². The number of amides is 4. The monoisotopic (exact) mass is 458 g/mol. The van der Waals surface area contributed by atoms with E-state index in [1.165, 1.54) is 24.3 Å². The average Bonchev–Trinajstić information content (AvgIpc) is 2.76. The lowest BCUT2D eigenvalue weighted by Crippen LogP contribution is -2.53. The standard InChI is InChI=1S/C23H23ClN2O6/c1-3-9-32-19-8-6-15(12-20(19)31-4-2)13-26-22(29)16(21(28)25-23(26)30)10-14-5-7-18(27)17(24)11-14/h5-8,10-12,27H,3-4,9,13H2,1-2H3,(H,25,28,30)/b16-10+. The van der Waals surface area contributed by atoms with E-state index in [0.29, 0.717) is 35.8 Å². The maximum Gasteiger partial charge on any atom is 0.331 e. The molecule has 0 bridgehead atoms. The molecular weight excluding hydrogens is 436 g/mol. The second kappa shape index (κ2) is 10.2. The molecule has 0 atom stereocenters. The molecule has 9 heteroatoms. The molecule has 1 saturated heterocycles. The van der Waals surface area contributed by atoms with Crippen molar-refractivity contribution in [3.63, 3.8) is 0 Å². The molecule has 1 aliphatic heterocycles. The van der Waals surface area contributed by atoms with Crippen LogP contribution in [0.2, 0.25) is 5.02 Å². The van der Waals surface area contributed by atoms with Gasteiger partial charge in [0.2, 0.25) is 0 Å². The molecule has 4 amide bonds. The number of benzene rings is 2. The summed E-state index contributed by atoms with van der Waals surface area (Å²) in [6.45, 7) is 4.72. The van der Waals surface area contributed by atoms with Crippen molar-refractivity contribution < 1.29 is 29.0 Å². The van der Waals surface area contributed by atoms with Crippen LogP contribution in [-0.4, -0.2) is 41.1 Å². The highest BCUT2D eigenvalue weighted by Crippen LogP contribution is 2.30. The number of halogens is 1. The number of ether oxygens (including phenoxy) is 2. The normalized spacial score (nSPS) is 15.2. The Kier molecular flexibility index (Phi) is 7.37. The van der Waals surface area contributed by atoms with E-state index in [-0.39, 0.29) is 22.9 Å². The first-order valence-electron chi connectivity index (χ1n) is 10.1. The summed E-state index contributed by atoms with van der Waals surface area (Å²) in [7, 11) is 0. The molecule has 0 saturated carbocycles. The predicted octanol–water partition coefficient (Wildman–Crippen LogP) is 3.90. The number of hydrogen-bond acceptors (Lipinski definition) is 6. The Hall–Kier alpha value is -3.52. The van der Waals surface area contributed by atoms with Gasteiger partial charge in [0.15, 0.2) is 11.5 Å². The molecule has 0 aromatic heterocycles. The first kappa shape index (κ1) is 23.1. The van der Waals surface area contributed by atoms with Gasteiger partial charge in [-0.15, -0.1) is 0 Å². The number of rotatable bonds is 8. The Bertz CT molecular complexity index is 1080. The van der Waals surface area contributed by atoms with Crippen molar-refractivity contribution in [1.82, 2.24) is 10.2 Å². The van der Waals surface area contributed by atoms with Crippen LogP contribution in [0, 0.1) is 0 Å². The van der Waals surface area contributed by atoms with Crippen molar-refractivity contribution in [1.29, 1.82) is 0 Å². The van der Waals surface area contributed by atoms with Gasteiger partial charge in [0.05, 0.1) is 24.8 Å². The van der Waals surface area contributed by atoms with Gasteiger partial charge in [-0.2, -0.15) is 0 Å². The second-order valence-electron chi connectivity index (χ2n) is 6.98. The van der Waals surface area contributed by atoms with Crippen LogP contribution in [0.5, 0.6) is 17.2 Å². The van der Waals surface area contributed by atoms with Crippen LogP contribution < -0.4 is 14.8 Å². The fraction of sp³-hybridized carbons (Fsp3) is 0.261. The number of nitrogens with one attached hydrogen (secondary N) is 1. The summed E-state index contributed by atoms with van der Waals surface area (Å²) in [5.41, 5.74) is 0.832. The lowest BCUT2D eigenvalue weighted by Gasteiger charge is -2.26. The number of aromatic hydroxyl groups is 1. The van der Waals surface area contributed by atoms with Gasteiger partial charge in [-0.1, -0.05) is 30.7 Å². The van der Waals surface area contributed by atoms with Gasteiger partial charge in [0.1, 0.15) is 11.3 Å². The summed E-state index contributed by atoms with van der Waals surface area (Å²) in [5.74, 6) is -0.590. The lowest BCUT2D eigenvalue weighted by molar-refractivity contribution is -0.130. The quantitative estimate of drug-likeness (QED) is 0.459. The molecule has 1 aliphatic rings. The van der Waals surface area contributed by atoms with Gasteiger partial charge in [-0.05, 0) is 54.8 Å². The third kappa shape index (κ3) is 5.20. The minimum atomic E-state index is -0.815. The Morgan fingerprint density at radius 3 is 2.53 bits per heavy atom. The Morgan fingerprint density at radius 1 is 1.06 bits per heavy atom. The zero-order chi connectivity index (χ0) is 23.3. The zero-order valence-electron chi connectivity index (χ0n) is 17.7. The number of urea groups is 1. The summed E-state index contributed by atoms with van der Waals surface area (Å²) in [5, 5.41) is 11.8. The molecule has 1 fully saturated rings. The molecule has 0 spiro atoms. The van der Waals surface area contributed by atoms with Gasteiger partial charge >= 0.3 is 6.03 Å². The van der Waals surface area contributed by atoms with Crippen LogP contribution in [0.3, 0.4) is 0 Å². The summed E-state index contributed by atoms with van der Waals surface area (Å²) in [4.78, 5) is 38.6. The highest BCUT2D eigenvalue weighted by Gasteiger charge is 2.35. The molecule has 0 aliphatic carbocycles. The SMILES string of the molecule is CCCOc1ccc(CN2C(=O)NC(=O)/C(=C\c3ccc(O)c(Cl)c3)C2=O)cc1OCC. The van der Waals surface area contributed by atoms with Gasteiger partial charge in [0, 0.05) is 0 Å². The number of phenols is 1. The fourth-order valence-corrected chi connectivity index (χ4v) is 3.24.